The highest BCUT2D eigenvalue weighted by atomic mass is 79.9. The Kier molecular flexibility index (Phi) is 4.81. The number of aliphatic imine (C=N–C) groups is 1. The molecule has 30 heavy (non-hydrogen) atoms. The summed E-state index contributed by atoms with van der Waals surface area (Å²) in [6.07, 6.45) is 1.47. The van der Waals surface area contributed by atoms with Crippen LogP contribution in [0.15, 0.2) is 64.3 Å². The van der Waals surface area contributed by atoms with Crippen LogP contribution in [-0.4, -0.2) is 26.9 Å². The predicted octanol–water partition coefficient (Wildman–Crippen LogP) is 5.84. The Balaban J connectivity index is 1.74. The first-order valence-electron chi connectivity index (χ1n) is 8.85. The SMILES string of the molecule is O=CC1OC(c2cc(Br)nn2-c2ncccc2Cl)=Nc2c1cc1ccccc1c2Cl. The molecule has 4 aromatic rings. The van der Waals surface area contributed by atoms with Crippen molar-refractivity contribution in [3.05, 3.63) is 80.6 Å². The van der Waals surface area contributed by atoms with Gasteiger partial charge >= 0.3 is 0 Å². The lowest BCUT2D eigenvalue weighted by atomic mass is 10.0. The maximum atomic E-state index is 11.9. The maximum Gasteiger partial charge on any atom is 0.241 e. The molecule has 0 radical (unpaired) electrons. The van der Waals surface area contributed by atoms with Gasteiger partial charge in [0, 0.05) is 23.2 Å². The summed E-state index contributed by atoms with van der Waals surface area (Å²) in [6.45, 7) is 0. The van der Waals surface area contributed by atoms with Gasteiger partial charge in [0.15, 0.2) is 18.2 Å². The third-order valence-corrected chi connectivity index (χ3v) is 5.78. The average Bonchev–Trinajstić information content (AvgIpc) is 3.15. The zero-order valence-electron chi connectivity index (χ0n) is 15.1. The number of halogens is 3. The Labute approximate surface area is 189 Å². The van der Waals surface area contributed by atoms with Crippen LogP contribution >= 0.6 is 39.1 Å². The summed E-state index contributed by atoms with van der Waals surface area (Å²) in [7, 11) is 0. The van der Waals surface area contributed by atoms with E-state index in [2.05, 4.69) is 31.0 Å². The molecule has 0 bridgehead atoms. The van der Waals surface area contributed by atoms with Gasteiger partial charge in [0.25, 0.3) is 0 Å². The third kappa shape index (κ3) is 3.10. The fourth-order valence-electron chi connectivity index (χ4n) is 3.37. The lowest BCUT2D eigenvalue weighted by molar-refractivity contribution is -0.114. The van der Waals surface area contributed by atoms with Crippen molar-refractivity contribution in [1.29, 1.82) is 0 Å². The molecule has 1 unspecified atom stereocenters. The quantitative estimate of drug-likeness (QED) is 0.331. The van der Waals surface area contributed by atoms with E-state index in [4.69, 9.17) is 27.9 Å². The second kappa shape index (κ2) is 7.50. The van der Waals surface area contributed by atoms with E-state index in [9.17, 15) is 4.79 Å². The molecule has 0 spiro atoms. The van der Waals surface area contributed by atoms with Crippen molar-refractivity contribution in [2.45, 2.75) is 6.10 Å². The number of carbonyl (C=O) groups excluding carboxylic acids is 1. The summed E-state index contributed by atoms with van der Waals surface area (Å²) in [5.74, 6) is 0.598. The molecule has 5 rings (SSSR count). The summed E-state index contributed by atoms with van der Waals surface area (Å²) in [6, 6.07) is 14.7. The van der Waals surface area contributed by atoms with Crippen molar-refractivity contribution in [3.63, 3.8) is 0 Å². The highest BCUT2D eigenvalue weighted by Gasteiger charge is 2.30. The van der Waals surface area contributed by atoms with E-state index in [0.717, 1.165) is 17.1 Å². The van der Waals surface area contributed by atoms with Crippen molar-refractivity contribution < 1.29 is 9.53 Å². The maximum absolute atomic E-state index is 11.9. The van der Waals surface area contributed by atoms with Gasteiger partial charge in [-0.25, -0.2) is 14.7 Å². The first-order valence-corrected chi connectivity index (χ1v) is 10.4. The second-order valence-corrected chi connectivity index (χ2v) is 8.11. The van der Waals surface area contributed by atoms with Gasteiger partial charge < -0.3 is 4.74 Å². The zero-order valence-corrected chi connectivity index (χ0v) is 18.2. The molecule has 0 saturated carbocycles. The van der Waals surface area contributed by atoms with E-state index in [-0.39, 0.29) is 5.90 Å². The third-order valence-electron chi connectivity index (χ3n) is 4.71. The van der Waals surface area contributed by atoms with Crippen molar-refractivity contribution >= 4 is 67.8 Å². The lowest BCUT2D eigenvalue weighted by Crippen LogP contribution is -2.21. The summed E-state index contributed by atoms with van der Waals surface area (Å²) < 4.78 is 7.98. The predicted molar refractivity (Wildman–Crippen MR) is 119 cm³/mol. The van der Waals surface area contributed by atoms with E-state index in [1.165, 1.54) is 4.68 Å². The molecule has 0 fully saturated rings. The molecule has 2 aromatic carbocycles. The number of aldehydes is 1. The van der Waals surface area contributed by atoms with Gasteiger partial charge in [0.05, 0.1) is 15.7 Å². The molecule has 2 aromatic heterocycles. The normalized spacial score (nSPS) is 15.4. The molecule has 0 N–H and O–H groups in total. The number of nitrogens with zero attached hydrogens (tertiary/aromatic N) is 4. The highest BCUT2D eigenvalue weighted by Crippen LogP contribution is 2.43. The average molecular weight is 502 g/mol. The van der Waals surface area contributed by atoms with Crippen molar-refractivity contribution in [1.82, 2.24) is 14.8 Å². The Morgan fingerprint density at radius 2 is 1.97 bits per heavy atom. The van der Waals surface area contributed by atoms with Gasteiger partial charge in [-0.2, -0.15) is 5.10 Å². The van der Waals surface area contributed by atoms with Crippen molar-refractivity contribution in [2.75, 3.05) is 0 Å². The van der Waals surface area contributed by atoms with E-state index < -0.39 is 6.10 Å². The van der Waals surface area contributed by atoms with E-state index >= 15 is 0 Å². The van der Waals surface area contributed by atoms with E-state index in [1.54, 1.807) is 24.4 Å². The molecule has 0 amide bonds. The minimum Gasteiger partial charge on any atom is -0.460 e. The molecular formula is C21H11BrCl2N4O2. The minimum absolute atomic E-state index is 0.191. The molecule has 3 heterocycles. The van der Waals surface area contributed by atoms with Crippen LogP contribution in [0.5, 0.6) is 0 Å². The van der Waals surface area contributed by atoms with Crippen LogP contribution in [0.3, 0.4) is 0 Å². The number of benzene rings is 2. The largest absolute Gasteiger partial charge is 0.460 e. The first-order chi connectivity index (χ1) is 14.6. The molecule has 1 aliphatic rings. The molecule has 9 heteroatoms. The zero-order chi connectivity index (χ0) is 20.8. The van der Waals surface area contributed by atoms with Gasteiger partial charge in [-0.05, 0) is 39.5 Å². The minimum atomic E-state index is -0.865. The number of fused-ring (bicyclic) bond motifs is 2. The Morgan fingerprint density at radius 1 is 1.13 bits per heavy atom. The standard InChI is InChI=1S/C21H11BrCl2N4O2/c22-17-9-15(28(27-17)20-14(23)6-3-7-25-20)21-26-19-13(16(10-29)30-21)8-11-4-1-2-5-12(11)18(19)24/h1-10,16H. The van der Waals surface area contributed by atoms with Crippen LogP contribution in [0.25, 0.3) is 16.6 Å². The molecular weight excluding hydrogens is 491 g/mol. The topological polar surface area (TPSA) is 69.4 Å². The van der Waals surface area contributed by atoms with Crippen LogP contribution in [0.2, 0.25) is 10.0 Å². The van der Waals surface area contributed by atoms with Gasteiger partial charge in [-0.3, -0.25) is 4.79 Å². The number of hydrogen-bond acceptors (Lipinski definition) is 5. The number of ether oxygens (including phenoxy) is 1. The monoisotopic (exact) mass is 500 g/mol. The van der Waals surface area contributed by atoms with E-state index in [0.29, 0.717) is 37.4 Å². The number of rotatable bonds is 3. The summed E-state index contributed by atoms with van der Waals surface area (Å²) in [5.41, 5.74) is 1.58. The number of hydrogen-bond donors (Lipinski definition) is 0. The van der Waals surface area contributed by atoms with Gasteiger partial charge in [-0.1, -0.05) is 47.5 Å². The smallest absolute Gasteiger partial charge is 0.241 e. The van der Waals surface area contributed by atoms with Crippen molar-refractivity contribution in [2.24, 2.45) is 4.99 Å². The highest BCUT2D eigenvalue weighted by molar-refractivity contribution is 9.10. The van der Waals surface area contributed by atoms with Crippen molar-refractivity contribution in [3.8, 4) is 5.82 Å². The van der Waals surface area contributed by atoms with Crippen LogP contribution in [0.4, 0.5) is 5.69 Å². The summed E-state index contributed by atoms with van der Waals surface area (Å²) in [5, 5.41) is 7.01. The molecule has 148 valence electrons. The summed E-state index contributed by atoms with van der Waals surface area (Å²) >= 11 is 16.4. The van der Waals surface area contributed by atoms with Crippen LogP contribution in [0.1, 0.15) is 17.4 Å². The van der Waals surface area contributed by atoms with Gasteiger partial charge in [0.1, 0.15) is 10.3 Å². The van der Waals surface area contributed by atoms with Crippen LogP contribution in [-0.2, 0) is 9.53 Å². The molecule has 6 nitrogen and oxygen atoms in total. The second-order valence-electron chi connectivity index (χ2n) is 6.51. The van der Waals surface area contributed by atoms with E-state index in [1.807, 2.05) is 30.3 Å². The molecule has 0 aliphatic carbocycles. The fourth-order valence-corrected chi connectivity index (χ4v) is 4.27. The fraction of sp³-hybridized carbons (Fsp3) is 0.0476. The number of aromatic nitrogens is 3. The Bertz CT molecular complexity index is 1350. The molecule has 0 saturated heterocycles. The van der Waals surface area contributed by atoms with Gasteiger partial charge in [-0.15, -0.1) is 0 Å². The van der Waals surface area contributed by atoms with Crippen LogP contribution < -0.4 is 0 Å². The number of pyridine rings is 1. The molecule has 1 atom stereocenters. The van der Waals surface area contributed by atoms with Gasteiger partial charge in [0.2, 0.25) is 5.90 Å². The lowest BCUT2D eigenvalue weighted by Gasteiger charge is -2.24. The summed E-state index contributed by atoms with van der Waals surface area (Å²) in [4.78, 5) is 20.8. The molecule has 1 aliphatic heterocycles. The Morgan fingerprint density at radius 3 is 2.77 bits per heavy atom. The van der Waals surface area contributed by atoms with Crippen LogP contribution in [0, 0.1) is 0 Å². The Hall–Kier alpha value is -2.74. The number of carbonyl (C=O) groups is 1. The first kappa shape index (κ1) is 19.2.